The molecule has 0 atom stereocenters. The number of nitrogens with one attached hydrogen (secondary N) is 1. The van der Waals surface area contributed by atoms with Crippen LogP contribution in [0.5, 0.6) is 0 Å². The van der Waals surface area contributed by atoms with Gasteiger partial charge < -0.3 is 15.0 Å². The van der Waals surface area contributed by atoms with Crippen LogP contribution in [0.1, 0.15) is 47.5 Å². The summed E-state index contributed by atoms with van der Waals surface area (Å²) in [5.41, 5.74) is 3.34. The maximum absolute atomic E-state index is 11.7. The Labute approximate surface area is 151 Å². The van der Waals surface area contributed by atoms with E-state index in [1.54, 1.807) is 6.07 Å². The predicted molar refractivity (Wildman–Crippen MR) is 101 cm³/mol. The van der Waals surface area contributed by atoms with E-state index in [9.17, 15) is 9.90 Å². The van der Waals surface area contributed by atoms with Gasteiger partial charge in [0.2, 0.25) is 0 Å². The van der Waals surface area contributed by atoms with Gasteiger partial charge in [-0.25, -0.2) is 9.78 Å². The van der Waals surface area contributed by atoms with E-state index in [1.807, 2.05) is 18.3 Å². The van der Waals surface area contributed by atoms with Gasteiger partial charge in [0.1, 0.15) is 11.4 Å². The monoisotopic (exact) mass is 347 g/mol. The van der Waals surface area contributed by atoms with Crippen LogP contribution in [0.25, 0.3) is 10.9 Å². The molecule has 2 aromatic heterocycles. The van der Waals surface area contributed by atoms with Crippen LogP contribution < -0.4 is 5.32 Å². The molecule has 0 saturated heterocycles. The third-order valence-electron chi connectivity index (χ3n) is 5.41. The summed E-state index contributed by atoms with van der Waals surface area (Å²) in [5.74, 6) is 0.748. The van der Waals surface area contributed by atoms with E-state index < -0.39 is 5.97 Å². The molecular weight excluding hydrogens is 326 g/mol. The summed E-state index contributed by atoms with van der Waals surface area (Å²) in [7, 11) is 0. The predicted octanol–water partition coefficient (Wildman–Crippen LogP) is 4.77. The zero-order valence-electron chi connectivity index (χ0n) is 14.5. The molecule has 132 valence electrons. The lowest BCUT2D eigenvalue weighted by molar-refractivity contribution is 0.0697. The van der Waals surface area contributed by atoms with E-state index in [0.717, 1.165) is 41.9 Å². The quantitative estimate of drug-likeness (QED) is 0.674. The molecule has 1 aromatic carbocycles. The average molecular weight is 347 g/mol. The maximum Gasteiger partial charge on any atom is 0.339 e. The minimum atomic E-state index is -0.944. The molecule has 3 aromatic rings. The van der Waals surface area contributed by atoms with Crippen LogP contribution in [0.15, 0.2) is 42.7 Å². The van der Waals surface area contributed by atoms with Gasteiger partial charge >= 0.3 is 5.97 Å². The molecule has 5 rings (SSSR count). The Kier molecular flexibility index (Phi) is 3.48. The molecule has 2 fully saturated rings. The van der Waals surface area contributed by atoms with Crippen molar-refractivity contribution < 1.29 is 9.90 Å². The van der Waals surface area contributed by atoms with E-state index >= 15 is 0 Å². The van der Waals surface area contributed by atoms with Gasteiger partial charge in [-0.15, -0.1) is 0 Å². The van der Waals surface area contributed by atoms with Gasteiger partial charge in [-0.05, 0) is 67.3 Å². The summed E-state index contributed by atoms with van der Waals surface area (Å²) in [5, 5.41) is 14.0. The van der Waals surface area contributed by atoms with Crippen molar-refractivity contribution in [1.82, 2.24) is 9.55 Å². The van der Waals surface area contributed by atoms with E-state index in [0.29, 0.717) is 11.7 Å². The Bertz CT molecular complexity index is 1000. The summed E-state index contributed by atoms with van der Waals surface area (Å²) in [6.45, 7) is 1.06. The highest BCUT2D eigenvalue weighted by atomic mass is 16.4. The Balaban J connectivity index is 1.51. The maximum atomic E-state index is 11.7. The highest BCUT2D eigenvalue weighted by Crippen LogP contribution is 2.41. The zero-order valence-corrected chi connectivity index (χ0v) is 14.5. The fourth-order valence-electron chi connectivity index (χ4n) is 3.58. The number of fused-ring (bicyclic) bond motifs is 1. The van der Waals surface area contributed by atoms with Gasteiger partial charge in [-0.2, -0.15) is 0 Å². The van der Waals surface area contributed by atoms with Crippen molar-refractivity contribution in [2.75, 3.05) is 5.32 Å². The molecule has 2 heterocycles. The fourth-order valence-corrected chi connectivity index (χ4v) is 3.58. The first-order valence-electron chi connectivity index (χ1n) is 9.27. The van der Waals surface area contributed by atoms with E-state index in [-0.39, 0.29) is 5.56 Å². The number of hydrogen-bond acceptors (Lipinski definition) is 3. The molecule has 0 bridgehead atoms. The molecular formula is C21H21N3O2. The van der Waals surface area contributed by atoms with Gasteiger partial charge in [0.05, 0.1) is 5.52 Å². The lowest BCUT2D eigenvalue weighted by Crippen LogP contribution is -2.06. The number of carbonyl (C=O) groups is 1. The number of aromatic carboxylic acids is 1. The van der Waals surface area contributed by atoms with Crippen molar-refractivity contribution in [3.8, 4) is 0 Å². The molecule has 0 aliphatic heterocycles. The van der Waals surface area contributed by atoms with Gasteiger partial charge in [-0.3, -0.25) is 0 Å². The summed E-state index contributed by atoms with van der Waals surface area (Å²) >= 11 is 0. The first kappa shape index (κ1) is 15.4. The zero-order chi connectivity index (χ0) is 17.7. The Morgan fingerprint density at radius 1 is 1.23 bits per heavy atom. The number of aromatic nitrogens is 2. The molecule has 0 unspecified atom stereocenters. The number of carboxylic acids is 1. The van der Waals surface area contributed by atoms with E-state index in [4.69, 9.17) is 0 Å². The summed E-state index contributed by atoms with van der Waals surface area (Å²) in [4.78, 5) is 16.1. The number of rotatable bonds is 6. The standard InChI is InChI=1S/C21H21N3O2/c25-21(26)17-10-15(14-6-7-14)11-22-20(17)23-18-2-1-3-19-16(18)8-9-24(19)12-13-4-5-13/h1-3,8-11,13-14H,4-7,12H2,(H,22,23)(H,25,26). The van der Waals surface area contributed by atoms with Crippen molar-refractivity contribution in [1.29, 1.82) is 0 Å². The van der Waals surface area contributed by atoms with Crippen molar-refractivity contribution in [2.24, 2.45) is 5.92 Å². The van der Waals surface area contributed by atoms with Gasteiger partial charge in [0.25, 0.3) is 0 Å². The van der Waals surface area contributed by atoms with Gasteiger partial charge in [-0.1, -0.05) is 6.07 Å². The van der Waals surface area contributed by atoms with Crippen LogP contribution >= 0.6 is 0 Å². The molecule has 0 amide bonds. The largest absolute Gasteiger partial charge is 0.478 e. The fraction of sp³-hybridized carbons (Fsp3) is 0.333. The number of anilines is 2. The minimum Gasteiger partial charge on any atom is -0.478 e. The number of pyridine rings is 1. The Morgan fingerprint density at radius 3 is 2.81 bits per heavy atom. The number of carboxylic acid groups (broad SMARTS) is 1. The molecule has 0 spiro atoms. The van der Waals surface area contributed by atoms with E-state index in [2.05, 4.69) is 33.2 Å². The Hall–Kier alpha value is -2.82. The van der Waals surface area contributed by atoms with Crippen LogP contribution in [0.4, 0.5) is 11.5 Å². The molecule has 2 N–H and O–H groups in total. The van der Waals surface area contributed by atoms with Crippen LogP contribution in [0.3, 0.4) is 0 Å². The third kappa shape index (κ3) is 2.83. The summed E-state index contributed by atoms with van der Waals surface area (Å²) in [6.07, 6.45) is 8.82. The highest BCUT2D eigenvalue weighted by molar-refractivity contribution is 5.98. The molecule has 2 aliphatic rings. The van der Waals surface area contributed by atoms with Gasteiger partial charge in [0, 0.05) is 30.0 Å². The molecule has 0 radical (unpaired) electrons. The SMILES string of the molecule is O=C(O)c1cc(C2CC2)cnc1Nc1cccc2c1ccn2CC1CC1. The summed E-state index contributed by atoms with van der Waals surface area (Å²) < 4.78 is 2.29. The van der Waals surface area contributed by atoms with Crippen LogP contribution in [-0.4, -0.2) is 20.6 Å². The van der Waals surface area contributed by atoms with Gasteiger partial charge in [0.15, 0.2) is 0 Å². The number of benzene rings is 1. The van der Waals surface area contributed by atoms with Crippen LogP contribution in [-0.2, 0) is 6.54 Å². The minimum absolute atomic E-state index is 0.240. The van der Waals surface area contributed by atoms with Crippen LogP contribution in [0.2, 0.25) is 0 Å². The smallest absolute Gasteiger partial charge is 0.339 e. The normalized spacial score (nSPS) is 16.8. The summed E-state index contributed by atoms with van der Waals surface area (Å²) in [6, 6.07) is 9.97. The second kappa shape index (κ2) is 5.87. The van der Waals surface area contributed by atoms with Crippen molar-refractivity contribution in [2.45, 2.75) is 38.1 Å². The molecule has 2 aliphatic carbocycles. The van der Waals surface area contributed by atoms with E-state index in [1.165, 1.54) is 18.4 Å². The average Bonchev–Trinajstić information content (AvgIpc) is 3.55. The molecule has 26 heavy (non-hydrogen) atoms. The topological polar surface area (TPSA) is 67.2 Å². The Morgan fingerprint density at radius 2 is 2.08 bits per heavy atom. The lowest BCUT2D eigenvalue weighted by atomic mass is 10.1. The van der Waals surface area contributed by atoms with Crippen molar-refractivity contribution in [3.05, 3.63) is 53.9 Å². The van der Waals surface area contributed by atoms with Crippen molar-refractivity contribution in [3.63, 3.8) is 0 Å². The van der Waals surface area contributed by atoms with Crippen molar-refractivity contribution >= 4 is 28.4 Å². The second-order valence-corrected chi connectivity index (χ2v) is 7.52. The third-order valence-corrected chi connectivity index (χ3v) is 5.41. The van der Waals surface area contributed by atoms with Crippen LogP contribution in [0, 0.1) is 5.92 Å². The first-order chi connectivity index (χ1) is 12.7. The number of hydrogen-bond donors (Lipinski definition) is 2. The molecule has 2 saturated carbocycles. The lowest BCUT2D eigenvalue weighted by Gasteiger charge is -2.12. The number of nitrogens with zero attached hydrogens (tertiary/aromatic N) is 2. The highest BCUT2D eigenvalue weighted by Gasteiger charge is 2.26. The first-order valence-corrected chi connectivity index (χ1v) is 9.27. The molecule has 5 heteroatoms. The molecule has 5 nitrogen and oxygen atoms in total. The second-order valence-electron chi connectivity index (χ2n) is 7.52.